The van der Waals surface area contributed by atoms with Gasteiger partial charge in [0.15, 0.2) is 0 Å². The molecule has 0 saturated heterocycles. The lowest BCUT2D eigenvalue weighted by Crippen LogP contribution is -2.34. The van der Waals surface area contributed by atoms with Gasteiger partial charge >= 0.3 is 0 Å². The standard InChI is InChI=1S/C18H25N3O3/c1-5-13(3)21(4)17(22)12-11-16-19-18(20-24-16)14-7-9-15(10-8-14)23-6-2/h7-10,13H,5-6,11-12H2,1-4H3. The first-order chi connectivity index (χ1) is 11.5. The van der Waals surface area contributed by atoms with Gasteiger partial charge < -0.3 is 14.2 Å². The van der Waals surface area contributed by atoms with Gasteiger partial charge in [0, 0.05) is 31.5 Å². The molecule has 0 aliphatic carbocycles. The number of aromatic nitrogens is 2. The summed E-state index contributed by atoms with van der Waals surface area (Å²) in [6.45, 7) is 6.67. The second-order valence-electron chi connectivity index (χ2n) is 5.73. The molecular formula is C18H25N3O3. The second kappa shape index (κ2) is 8.47. The third-order valence-corrected chi connectivity index (χ3v) is 4.09. The zero-order chi connectivity index (χ0) is 17.5. The molecular weight excluding hydrogens is 306 g/mol. The van der Waals surface area contributed by atoms with Crippen LogP contribution in [0.3, 0.4) is 0 Å². The van der Waals surface area contributed by atoms with Gasteiger partial charge in [-0.05, 0) is 44.5 Å². The Hall–Kier alpha value is -2.37. The molecule has 1 heterocycles. The molecule has 0 N–H and O–H groups in total. The van der Waals surface area contributed by atoms with Crippen molar-refractivity contribution >= 4 is 5.91 Å². The number of amides is 1. The van der Waals surface area contributed by atoms with E-state index in [0.717, 1.165) is 17.7 Å². The van der Waals surface area contributed by atoms with Crippen molar-refractivity contribution in [3.63, 3.8) is 0 Å². The molecule has 1 unspecified atom stereocenters. The lowest BCUT2D eigenvalue weighted by atomic mass is 10.2. The van der Waals surface area contributed by atoms with E-state index in [4.69, 9.17) is 9.26 Å². The van der Waals surface area contributed by atoms with Crippen molar-refractivity contribution in [3.8, 4) is 17.1 Å². The Balaban J connectivity index is 1.94. The van der Waals surface area contributed by atoms with Crippen LogP contribution in [0, 0.1) is 0 Å². The summed E-state index contributed by atoms with van der Waals surface area (Å²) in [5, 5.41) is 3.98. The SMILES string of the molecule is CCOc1ccc(-c2noc(CCC(=O)N(C)C(C)CC)n2)cc1. The van der Waals surface area contributed by atoms with Crippen molar-refractivity contribution in [2.45, 2.75) is 46.1 Å². The van der Waals surface area contributed by atoms with Crippen LogP contribution < -0.4 is 4.74 Å². The average Bonchev–Trinajstić information content (AvgIpc) is 3.08. The van der Waals surface area contributed by atoms with Gasteiger partial charge in [-0.2, -0.15) is 4.98 Å². The molecule has 1 atom stereocenters. The first-order valence-electron chi connectivity index (χ1n) is 8.36. The van der Waals surface area contributed by atoms with E-state index < -0.39 is 0 Å². The maximum Gasteiger partial charge on any atom is 0.227 e. The summed E-state index contributed by atoms with van der Waals surface area (Å²) in [5.41, 5.74) is 0.858. The Labute approximate surface area is 142 Å². The number of rotatable bonds is 8. The van der Waals surface area contributed by atoms with Gasteiger partial charge in [0.05, 0.1) is 6.61 Å². The van der Waals surface area contributed by atoms with Crippen molar-refractivity contribution in [2.75, 3.05) is 13.7 Å². The van der Waals surface area contributed by atoms with Crippen molar-refractivity contribution < 1.29 is 14.1 Å². The van der Waals surface area contributed by atoms with Crippen LogP contribution in [0.2, 0.25) is 0 Å². The molecule has 130 valence electrons. The molecule has 6 nitrogen and oxygen atoms in total. The van der Waals surface area contributed by atoms with E-state index in [0.29, 0.717) is 31.2 Å². The molecule has 0 bridgehead atoms. The van der Waals surface area contributed by atoms with Crippen LogP contribution in [0.25, 0.3) is 11.4 Å². The summed E-state index contributed by atoms with van der Waals surface area (Å²) in [7, 11) is 1.83. The number of ether oxygens (including phenoxy) is 1. The molecule has 6 heteroatoms. The molecule has 0 spiro atoms. The fourth-order valence-corrected chi connectivity index (χ4v) is 2.25. The maximum atomic E-state index is 12.1. The summed E-state index contributed by atoms with van der Waals surface area (Å²) >= 11 is 0. The van der Waals surface area contributed by atoms with E-state index in [1.54, 1.807) is 4.90 Å². The lowest BCUT2D eigenvalue weighted by Gasteiger charge is -2.23. The Kier molecular flexibility index (Phi) is 6.35. The molecule has 1 aromatic carbocycles. The summed E-state index contributed by atoms with van der Waals surface area (Å²) in [4.78, 5) is 18.2. The highest BCUT2D eigenvalue weighted by molar-refractivity contribution is 5.76. The molecule has 1 aromatic heterocycles. The highest BCUT2D eigenvalue weighted by Crippen LogP contribution is 2.20. The van der Waals surface area contributed by atoms with Crippen LogP contribution in [-0.4, -0.2) is 40.6 Å². The van der Waals surface area contributed by atoms with Gasteiger partial charge in [0.1, 0.15) is 5.75 Å². The number of nitrogens with zero attached hydrogens (tertiary/aromatic N) is 3. The Morgan fingerprint density at radius 2 is 2.00 bits per heavy atom. The third kappa shape index (κ3) is 4.57. The molecule has 2 aromatic rings. The van der Waals surface area contributed by atoms with E-state index in [9.17, 15) is 4.79 Å². The topological polar surface area (TPSA) is 68.5 Å². The van der Waals surface area contributed by atoms with Crippen LogP contribution in [0.1, 0.15) is 39.5 Å². The summed E-state index contributed by atoms with van der Waals surface area (Å²) in [6, 6.07) is 7.77. The quantitative estimate of drug-likeness (QED) is 0.742. The zero-order valence-electron chi connectivity index (χ0n) is 14.8. The highest BCUT2D eigenvalue weighted by Gasteiger charge is 2.16. The number of carbonyl (C=O) groups excluding carboxylic acids is 1. The number of benzene rings is 1. The normalized spacial score (nSPS) is 12.0. The first kappa shape index (κ1) is 18.0. The highest BCUT2D eigenvalue weighted by atomic mass is 16.5. The van der Waals surface area contributed by atoms with Crippen molar-refractivity contribution in [1.29, 1.82) is 0 Å². The number of carbonyl (C=O) groups is 1. The number of aryl methyl sites for hydroxylation is 1. The average molecular weight is 331 g/mol. The summed E-state index contributed by atoms with van der Waals surface area (Å²) in [6.07, 6.45) is 1.75. The predicted molar refractivity (Wildman–Crippen MR) is 91.7 cm³/mol. The summed E-state index contributed by atoms with van der Waals surface area (Å²) < 4.78 is 10.7. The van der Waals surface area contributed by atoms with Crippen LogP contribution in [0.4, 0.5) is 0 Å². The number of hydrogen-bond donors (Lipinski definition) is 0. The molecule has 0 fully saturated rings. The van der Waals surface area contributed by atoms with E-state index in [2.05, 4.69) is 17.1 Å². The molecule has 0 saturated carbocycles. The van der Waals surface area contributed by atoms with Gasteiger partial charge in [-0.3, -0.25) is 4.79 Å². The lowest BCUT2D eigenvalue weighted by molar-refractivity contribution is -0.131. The molecule has 0 aliphatic rings. The van der Waals surface area contributed by atoms with E-state index in [1.165, 1.54) is 0 Å². The van der Waals surface area contributed by atoms with Crippen LogP contribution in [-0.2, 0) is 11.2 Å². The minimum Gasteiger partial charge on any atom is -0.494 e. The van der Waals surface area contributed by atoms with Gasteiger partial charge in [0.2, 0.25) is 17.6 Å². The van der Waals surface area contributed by atoms with Gasteiger partial charge in [-0.15, -0.1) is 0 Å². The minimum absolute atomic E-state index is 0.0881. The Morgan fingerprint density at radius 3 is 2.62 bits per heavy atom. The molecule has 0 radical (unpaired) electrons. The summed E-state index contributed by atoms with van der Waals surface area (Å²) in [5.74, 6) is 1.90. The van der Waals surface area contributed by atoms with E-state index in [-0.39, 0.29) is 11.9 Å². The third-order valence-electron chi connectivity index (χ3n) is 4.09. The largest absolute Gasteiger partial charge is 0.494 e. The molecule has 2 rings (SSSR count). The predicted octanol–water partition coefficient (Wildman–Crippen LogP) is 3.32. The van der Waals surface area contributed by atoms with E-state index >= 15 is 0 Å². The van der Waals surface area contributed by atoms with Gasteiger partial charge in [-0.25, -0.2) is 0 Å². The molecule has 24 heavy (non-hydrogen) atoms. The Bertz CT molecular complexity index is 652. The van der Waals surface area contributed by atoms with Crippen molar-refractivity contribution in [3.05, 3.63) is 30.2 Å². The fraction of sp³-hybridized carbons (Fsp3) is 0.500. The minimum atomic E-state index is 0.0881. The second-order valence-corrected chi connectivity index (χ2v) is 5.73. The molecule has 1 amide bonds. The molecule has 0 aliphatic heterocycles. The monoisotopic (exact) mass is 331 g/mol. The Morgan fingerprint density at radius 1 is 1.29 bits per heavy atom. The van der Waals surface area contributed by atoms with Crippen LogP contribution in [0.15, 0.2) is 28.8 Å². The van der Waals surface area contributed by atoms with Gasteiger partial charge in [-0.1, -0.05) is 12.1 Å². The van der Waals surface area contributed by atoms with Crippen molar-refractivity contribution in [1.82, 2.24) is 15.0 Å². The van der Waals surface area contributed by atoms with Crippen molar-refractivity contribution in [2.24, 2.45) is 0 Å². The maximum absolute atomic E-state index is 12.1. The fourth-order valence-electron chi connectivity index (χ4n) is 2.25. The van der Waals surface area contributed by atoms with E-state index in [1.807, 2.05) is 45.2 Å². The van der Waals surface area contributed by atoms with Gasteiger partial charge in [0.25, 0.3) is 0 Å². The zero-order valence-corrected chi connectivity index (χ0v) is 14.8. The first-order valence-corrected chi connectivity index (χ1v) is 8.36. The van der Waals surface area contributed by atoms with Crippen LogP contribution >= 0.6 is 0 Å². The van der Waals surface area contributed by atoms with Crippen LogP contribution in [0.5, 0.6) is 5.75 Å². The number of hydrogen-bond acceptors (Lipinski definition) is 5. The smallest absolute Gasteiger partial charge is 0.227 e.